The normalized spacial score (nSPS) is 23.8. The molecule has 0 radical (unpaired) electrons. The van der Waals surface area contributed by atoms with Crippen molar-refractivity contribution in [1.29, 1.82) is 0 Å². The Balaban J connectivity index is 1.29. The van der Waals surface area contributed by atoms with E-state index < -0.39 is 5.60 Å². The van der Waals surface area contributed by atoms with Crippen LogP contribution in [0.25, 0.3) is 0 Å². The van der Waals surface area contributed by atoms with Gasteiger partial charge in [-0.3, -0.25) is 9.80 Å². The molecule has 0 amide bonds. The van der Waals surface area contributed by atoms with E-state index in [4.69, 9.17) is 4.74 Å². The third-order valence-electron chi connectivity index (χ3n) is 6.07. The first-order valence-electron chi connectivity index (χ1n) is 10.7. The number of nitrogens with zero attached hydrogens (tertiary/aromatic N) is 2. The molecule has 0 bridgehead atoms. The smallest absolute Gasteiger partial charge is 0.119 e. The van der Waals surface area contributed by atoms with Crippen LogP contribution in [0.3, 0.4) is 0 Å². The summed E-state index contributed by atoms with van der Waals surface area (Å²) in [5, 5.41) is 11.0. The SMILES string of the molecule is O[C@]1(c2ccccc2)CCN(Cc2cccc(OCCN3CCCCC3)c2)C1. The van der Waals surface area contributed by atoms with Crippen LogP contribution in [0.1, 0.15) is 36.8 Å². The lowest BCUT2D eigenvalue weighted by Gasteiger charge is -2.26. The molecule has 2 heterocycles. The van der Waals surface area contributed by atoms with Crippen LogP contribution < -0.4 is 4.74 Å². The summed E-state index contributed by atoms with van der Waals surface area (Å²) < 4.78 is 6.01. The van der Waals surface area contributed by atoms with Gasteiger partial charge in [-0.05, 0) is 55.6 Å². The fourth-order valence-corrected chi connectivity index (χ4v) is 4.46. The number of likely N-dealkylation sites (tertiary alicyclic amines) is 2. The summed E-state index contributed by atoms with van der Waals surface area (Å²) in [7, 11) is 0. The number of ether oxygens (including phenoxy) is 1. The van der Waals surface area contributed by atoms with Gasteiger partial charge in [-0.1, -0.05) is 48.9 Å². The molecule has 0 unspecified atom stereocenters. The number of hydrogen-bond donors (Lipinski definition) is 1. The second kappa shape index (κ2) is 9.08. The lowest BCUT2D eigenvalue weighted by Crippen LogP contribution is -2.33. The quantitative estimate of drug-likeness (QED) is 0.795. The highest BCUT2D eigenvalue weighted by molar-refractivity contribution is 5.29. The highest BCUT2D eigenvalue weighted by Gasteiger charge is 2.37. The van der Waals surface area contributed by atoms with E-state index in [0.717, 1.165) is 44.0 Å². The molecule has 4 nitrogen and oxygen atoms in total. The Morgan fingerprint density at radius 3 is 2.54 bits per heavy atom. The maximum Gasteiger partial charge on any atom is 0.119 e. The molecule has 0 aliphatic carbocycles. The Morgan fingerprint density at radius 1 is 0.893 bits per heavy atom. The average molecular weight is 381 g/mol. The van der Waals surface area contributed by atoms with E-state index in [9.17, 15) is 5.11 Å². The van der Waals surface area contributed by atoms with Gasteiger partial charge in [-0.15, -0.1) is 0 Å². The van der Waals surface area contributed by atoms with Gasteiger partial charge in [0.15, 0.2) is 0 Å². The van der Waals surface area contributed by atoms with Crippen molar-refractivity contribution < 1.29 is 9.84 Å². The van der Waals surface area contributed by atoms with Gasteiger partial charge in [0.25, 0.3) is 0 Å². The van der Waals surface area contributed by atoms with Crippen molar-refractivity contribution in [1.82, 2.24) is 9.80 Å². The monoisotopic (exact) mass is 380 g/mol. The molecule has 2 aliphatic heterocycles. The molecule has 2 saturated heterocycles. The summed E-state index contributed by atoms with van der Waals surface area (Å²) in [6.45, 7) is 6.62. The van der Waals surface area contributed by atoms with E-state index in [1.807, 2.05) is 36.4 Å². The van der Waals surface area contributed by atoms with Gasteiger partial charge in [-0.25, -0.2) is 0 Å². The highest BCUT2D eigenvalue weighted by Crippen LogP contribution is 2.32. The molecule has 4 rings (SSSR count). The molecule has 4 heteroatoms. The fourth-order valence-electron chi connectivity index (χ4n) is 4.46. The van der Waals surface area contributed by atoms with Gasteiger partial charge < -0.3 is 9.84 Å². The van der Waals surface area contributed by atoms with E-state index in [1.54, 1.807) is 0 Å². The molecule has 0 spiro atoms. The molecule has 1 atom stereocenters. The van der Waals surface area contributed by atoms with E-state index in [0.29, 0.717) is 6.54 Å². The summed E-state index contributed by atoms with van der Waals surface area (Å²) in [6, 6.07) is 18.5. The maximum atomic E-state index is 11.0. The predicted octanol–water partition coefficient (Wildman–Crippen LogP) is 3.64. The Hall–Kier alpha value is -1.88. The van der Waals surface area contributed by atoms with Crippen LogP contribution in [0.15, 0.2) is 54.6 Å². The van der Waals surface area contributed by atoms with Crippen LogP contribution in [0, 0.1) is 0 Å². The van der Waals surface area contributed by atoms with Crippen LogP contribution in [-0.2, 0) is 12.1 Å². The van der Waals surface area contributed by atoms with Gasteiger partial charge in [0.05, 0.1) is 0 Å². The standard InChI is InChI=1S/C24H32N2O2/c27-24(22-9-3-1-4-10-22)12-15-26(20-24)19-21-8-7-11-23(18-21)28-17-16-25-13-5-2-6-14-25/h1,3-4,7-11,18,27H,2,5-6,12-17,19-20H2/t24-/m1/s1. The molecule has 2 fully saturated rings. The largest absolute Gasteiger partial charge is 0.492 e. The molecule has 150 valence electrons. The molecule has 0 saturated carbocycles. The first kappa shape index (κ1) is 19.4. The summed E-state index contributed by atoms with van der Waals surface area (Å²) in [4.78, 5) is 4.84. The van der Waals surface area contributed by atoms with Gasteiger partial charge in [0, 0.05) is 26.2 Å². The summed E-state index contributed by atoms with van der Waals surface area (Å²) >= 11 is 0. The van der Waals surface area contributed by atoms with Gasteiger partial charge in [0.1, 0.15) is 18.0 Å². The minimum atomic E-state index is -0.732. The van der Waals surface area contributed by atoms with Crippen molar-refractivity contribution in [2.45, 2.75) is 37.8 Å². The van der Waals surface area contributed by atoms with E-state index in [1.165, 1.54) is 37.9 Å². The number of aliphatic hydroxyl groups is 1. The van der Waals surface area contributed by atoms with Gasteiger partial charge in [-0.2, -0.15) is 0 Å². The Labute approximate surface area is 168 Å². The Morgan fingerprint density at radius 2 is 1.71 bits per heavy atom. The minimum Gasteiger partial charge on any atom is -0.492 e. The zero-order valence-electron chi connectivity index (χ0n) is 16.7. The van der Waals surface area contributed by atoms with E-state index >= 15 is 0 Å². The van der Waals surface area contributed by atoms with Crippen molar-refractivity contribution in [3.8, 4) is 5.75 Å². The summed E-state index contributed by atoms with van der Waals surface area (Å²) in [5.41, 5.74) is 1.53. The molecule has 2 aromatic rings. The first-order chi connectivity index (χ1) is 13.7. The van der Waals surface area contributed by atoms with E-state index in [-0.39, 0.29) is 0 Å². The van der Waals surface area contributed by atoms with Crippen LogP contribution in [0.5, 0.6) is 5.75 Å². The number of piperidine rings is 1. The van der Waals surface area contributed by atoms with Crippen molar-refractivity contribution >= 4 is 0 Å². The van der Waals surface area contributed by atoms with Gasteiger partial charge in [0.2, 0.25) is 0 Å². The topological polar surface area (TPSA) is 35.9 Å². The minimum absolute atomic E-state index is 0.678. The van der Waals surface area contributed by atoms with Crippen molar-refractivity contribution in [2.75, 3.05) is 39.3 Å². The van der Waals surface area contributed by atoms with Crippen molar-refractivity contribution in [2.24, 2.45) is 0 Å². The lowest BCUT2D eigenvalue weighted by molar-refractivity contribution is 0.0453. The van der Waals surface area contributed by atoms with Crippen LogP contribution in [0.4, 0.5) is 0 Å². The third-order valence-corrected chi connectivity index (χ3v) is 6.07. The van der Waals surface area contributed by atoms with Crippen LogP contribution in [0.2, 0.25) is 0 Å². The van der Waals surface area contributed by atoms with E-state index in [2.05, 4.69) is 28.0 Å². The van der Waals surface area contributed by atoms with Crippen molar-refractivity contribution in [3.05, 3.63) is 65.7 Å². The zero-order valence-corrected chi connectivity index (χ0v) is 16.7. The Kier molecular flexibility index (Phi) is 6.30. The fraction of sp³-hybridized carbons (Fsp3) is 0.500. The molecule has 2 aromatic carbocycles. The molecule has 1 N–H and O–H groups in total. The third kappa shape index (κ3) is 4.93. The number of hydrogen-bond acceptors (Lipinski definition) is 4. The van der Waals surface area contributed by atoms with Crippen LogP contribution in [-0.4, -0.2) is 54.2 Å². The molecule has 0 aromatic heterocycles. The summed E-state index contributed by atoms with van der Waals surface area (Å²) in [6.07, 6.45) is 4.79. The lowest BCUT2D eigenvalue weighted by atomic mass is 9.93. The molecular formula is C24H32N2O2. The second-order valence-corrected chi connectivity index (χ2v) is 8.26. The van der Waals surface area contributed by atoms with Gasteiger partial charge >= 0.3 is 0 Å². The Bertz CT molecular complexity index is 745. The highest BCUT2D eigenvalue weighted by atomic mass is 16.5. The maximum absolute atomic E-state index is 11.0. The predicted molar refractivity (Wildman–Crippen MR) is 112 cm³/mol. The molecule has 2 aliphatic rings. The number of β-amino-alcohol motifs (C(OH)–C–C–N with tert-alkyl or cyclic N) is 1. The average Bonchev–Trinajstić information content (AvgIpc) is 3.12. The number of rotatable bonds is 7. The van der Waals surface area contributed by atoms with Crippen molar-refractivity contribution in [3.63, 3.8) is 0 Å². The summed E-state index contributed by atoms with van der Waals surface area (Å²) in [5.74, 6) is 0.951. The zero-order chi connectivity index (χ0) is 19.2. The molecule has 28 heavy (non-hydrogen) atoms. The number of benzene rings is 2. The first-order valence-corrected chi connectivity index (χ1v) is 10.7. The molecular weight excluding hydrogens is 348 g/mol. The second-order valence-electron chi connectivity index (χ2n) is 8.26. The van der Waals surface area contributed by atoms with Crippen LogP contribution >= 0.6 is 0 Å².